The van der Waals surface area contributed by atoms with Gasteiger partial charge in [0.1, 0.15) is 11.5 Å². The lowest BCUT2D eigenvalue weighted by atomic mass is 10.2. The van der Waals surface area contributed by atoms with E-state index in [4.69, 9.17) is 9.47 Å². The fourth-order valence-electron chi connectivity index (χ4n) is 3.29. The standard InChI is InChI=1S/C24H27N3O4/c1-5-30-20-11-13-21(14-12-20)31-18(4)23(28)25-26-24(29)22-15-16(2)27(17(22)3)19-9-7-6-8-10-19/h6-15,18H,5H2,1-4H3,(H,25,28)(H,26,29). The minimum atomic E-state index is -0.796. The molecule has 2 N–H and O–H groups in total. The van der Waals surface area contributed by atoms with Gasteiger partial charge in [0.2, 0.25) is 0 Å². The van der Waals surface area contributed by atoms with Crippen LogP contribution in [-0.2, 0) is 4.79 Å². The zero-order valence-electron chi connectivity index (χ0n) is 18.1. The number of benzene rings is 2. The zero-order valence-corrected chi connectivity index (χ0v) is 18.1. The van der Waals surface area contributed by atoms with Crippen LogP contribution in [0, 0.1) is 13.8 Å². The fraction of sp³-hybridized carbons (Fsp3) is 0.250. The van der Waals surface area contributed by atoms with Crippen LogP contribution in [0.3, 0.4) is 0 Å². The van der Waals surface area contributed by atoms with E-state index in [9.17, 15) is 9.59 Å². The summed E-state index contributed by atoms with van der Waals surface area (Å²) >= 11 is 0. The Morgan fingerprint density at radius 3 is 2.26 bits per heavy atom. The third kappa shape index (κ3) is 5.25. The second kappa shape index (κ2) is 9.84. The first kappa shape index (κ1) is 22.0. The van der Waals surface area contributed by atoms with Gasteiger partial charge in [0, 0.05) is 17.1 Å². The van der Waals surface area contributed by atoms with Crippen molar-refractivity contribution in [1.29, 1.82) is 0 Å². The molecule has 0 aliphatic carbocycles. The van der Waals surface area contributed by atoms with Gasteiger partial charge in [-0.1, -0.05) is 18.2 Å². The summed E-state index contributed by atoms with van der Waals surface area (Å²) in [6.07, 6.45) is -0.796. The molecule has 7 heteroatoms. The van der Waals surface area contributed by atoms with Crippen molar-refractivity contribution in [2.45, 2.75) is 33.8 Å². The van der Waals surface area contributed by atoms with Crippen molar-refractivity contribution in [3.05, 3.63) is 77.6 Å². The second-order valence-electron chi connectivity index (χ2n) is 7.06. The molecule has 0 saturated heterocycles. The minimum absolute atomic E-state index is 0.392. The Labute approximate surface area is 182 Å². The van der Waals surface area contributed by atoms with Crippen LogP contribution in [0.15, 0.2) is 60.7 Å². The Bertz CT molecular complexity index is 1040. The predicted molar refractivity (Wildman–Crippen MR) is 119 cm³/mol. The lowest BCUT2D eigenvalue weighted by Gasteiger charge is -2.15. The number of aryl methyl sites for hydroxylation is 1. The Balaban J connectivity index is 1.59. The first-order chi connectivity index (χ1) is 14.9. The molecule has 0 spiro atoms. The SMILES string of the molecule is CCOc1ccc(OC(C)C(=O)NNC(=O)c2cc(C)n(-c3ccccc3)c2C)cc1. The Hall–Kier alpha value is -3.74. The number of amides is 2. The van der Waals surface area contributed by atoms with Gasteiger partial charge in [0.25, 0.3) is 11.8 Å². The molecule has 3 aromatic rings. The van der Waals surface area contributed by atoms with Gasteiger partial charge in [0.15, 0.2) is 6.10 Å². The number of hydrazine groups is 1. The summed E-state index contributed by atoms with van der Waals surface area (Å²) in [7, 11) is 0. The van der Waals surface area contributed by atoms with E-state index in [2.05, 4.69) is 10.9 Å². The number of hydrogen-bond acceptors (Lipinski definition) is 4. The molecule has 0 aliphatic rings. The molecule has 0 radical (unpaired) electrons. The van der Waals surface area contributed by atoms with Crippen LogP contribution >= 0.6 is 0 Å². The molecule has 1 unspecified atom stereocenters. The highest BCUT2D eigenvalue weighted by Crippen LogP contribution is 2.21. The number of nitrogens with one attached hydrogen (secondary N) is 2. The Morgan fingerprint density at radius 1 is 0.968 bits per heavy atom. The van der Waals surface area contributed by atoms with Gasteiger partial charge in [0.05, 0.1) is 12.2 Å². The molecule has 2 amide bonds. The molecule has 0 fully saturated rings. The number of rotatable bonds is 7. The highest BCUT2D eigenvalue weighted by molar-refractivity contribution is 5.97. The maximum Gasteiger partial charge on any atom is 0.279 e. The van der Waals surface area contributed by atoms with Crippen molar-refractivity contribution in [1.82, 2.24) is 15.4 Å². The van der Waals surface area contributed by atoms with Crippen LogP contribution in [0.5, 0.6) is 11.5 Å². The highest BCUT2D eigenvalue weighted by atomic mass is 16.5. The molecule has 1 heterocycles. The number of carbonyl (C=O) groups excluding carboxylic acids is 2. The molecular weight excluding hydrogens is 394 g/mol. The van der Waals surface area contributed by atoms with E-state index >= 15 is 0 Å². The minimum Gasteiger partial charge on any atom is -0.494 e. The molecule has 0 bridgehead atoms. The topological polar surface area (TPSA) is 81.6 Å². The molecule has 1 atom stereocenters. The lowest BCUT2D eigenvalue weighted by Crippen LogP contribution is -2.47. The average Bonchev–Trinajstić information content (AvgIpc) is 3.07. The van der Waals surface area contributed by atoms with E-state index in [1.807, 2.05) is 55.7 Å². The summed E-state index contributed by atoms with van der Waals surface area (Å²) in [6.45, 7) is 7.90. The van der Waals surface area contributed by atoms with E-state index in [1.165, 1.54) is 0 Å². The normalized spacial score (nSPS) is 11.5. The van der Waals surface area contributed by atoms with Gasteiger partial charge in [-0.3, -0.25) is 20.4 Å². The molecule has 1 aromatic heterocycles. The van der Waals surface area contributed by atoms with Crippen LogP contribution in [0.4, 0.5) is 0 Å². The van der Waals surface area contributed by atoms with Crippen molar-refractivity contribution in [3.63, 3.8) is 0 Å². The van der Waals surface area contributed by atoms with Gasteiger partial charge in [-0.2, -0.15) is 0 Å². The number of hydrogen-bond donors (Lipinski definition) is 2. The monoisotopic (exact) mass is 421 g/mol. The van der Waals surface area contributed by atoms with Crippen molar-refractivity contribution < 1.29 is 19.1 Å². The summed E-state index contributed by atoms with van der Waals surface area (Å²) in [5.41, 5.74) is 8.07. The Kier molecular flexibility index (Phi) is 6.97. The van der Waals surface area contributed by atoms with Gasteiger partial charge >= 0.3 is 0 Å². The first-order valence-corrected chi connectivity index (χ1v) is 10.1. The number of carbonyl (C=O) groups is 2. The molecule has 3 rings (SSSR count). The van der Waals surface area contributed by atoms with E-state index < -0.39 is 17.9 Å². The molecule has 2 aromatic carbocycles. The lowest BCUT2D eigenvalue weighted by molar-refractivity contribution is -0.128. The number of para-hydroxylation sites is 1. The molecule has 0 aliphatic heterocycles. The fourth-order valence-corrected chi connectivity index (χ4v) is 3.29. The number of ether oxygens (including phenoxy) is 2. The predicted octanol–water partition coefficient (Wildman–Crippen LogP) is 3.72. The van der Waals surface area contributed by atoms with Crippen LogP contribution in [0.2, 0.25) is 0 Å². The van der Waals surface area contributed by atoms with Crippen LogP contribution in [-0.4, -0.2) is 29.1 Å². The van der Waals surface area contributed by atoms with Crippen LogP contribution in [0.25, 0.3) is 5.69 Å². The van der Waals surface area contributed by atoms with Crippen LogP contribution < -0.4 is 20.3 Å². The zero-order chi connectivity index (χ0) is 22.4. The van der Waals surface area contributed by atoms with Crippen molar-refractivity contribution >= 4 is 11.8 Å². The van der Waals surface area contributed by atoms with Crippen molar-refractivity contribution in [3.8, 4) is 17.2 Å². The summed E-state index contributed by atoms with van der Waals surface area (Å²) in [5.74, 6) is 0.409. The first-order valence-electron chi connectivity index (χ1n) is 10.1. The largest absolute Gasteiger partial charge is 0.494 e. The molecule has 7 nitrogen and oxygen atoms in total. The summed E-state index contributed by atoms with van der Waals surface area (Å²) in [4.78, 5) is 25.0. The highest BCUT2D eigenvalue weighted by Gasteiger charge is 2.19. The van der Waals surface area contributed by atoms with E-state index in [0.717, 1.165) is 22.8 Å². The molecule has 31 heavy (non-hydrogen) atoms. The van der Waals surface area contributed by atoms with E-state index in [-0.39, 0.29) is 0 Å². The quantitative estimate of drug-likeness (QED) is 0.570. The molecule has 0 saturated carbocycles. The summed E-state index contributed by atoms with van der Waals surface area (Å²) in [5, 5.41) is 0. The number of nitrogens with zero attached hydrogens (tertiary/aromatic N) is 1. The third-order valence-corrected chi connectivity index (χ3v) is 4.81. The molecular formula is C24H27N3O4. The van der Waals surface area contributed by atoms with Gasteiger partial charge < -0.3 is 14.0 Å². The van der Waals surface area contributed by atoms with Crippen LogP contribution in [0.1, 0.15) is 35.6 Å². The van der Waals surface area contributed by atoms with Gasteiger partial charge in [-0.25, -0.2) is 0 Å². The smallest absolute Gasteiger partial charge is 0.279 e. The Morgan fingerprint density at radius 2 is 1.61 bits per heavy atom. The van der Waals surface area contributed by atoms with E-state index in [1.54, 1.807) is 37.3 Å². The molecule has 162 valence electrons. The second-order valence-corrected chi connectivity index (χ2v) is 7.06. The average molecular weight is 421 g/mol. The maximum absolute atomic E-state index is 12.7. The van der Waals surface area contributed by atoms with Crippen molar-refractivity contribution in [2.24, 2.45) is 0 Å². The van der Waals surface area contributed by atoms with Gasteiger partial charge in [-0.05, 0) is 70.2 Å². The summed E-state index contributed by atoms with van der Waals surface area (Å²) < 4.78 is 13.0. The van der Waals surface area contributed by atoms with Gasteiger partial charge in [-0.15, -0.1) is 0 Å². The third-order valence-electron chi connectivity index (χ3n) is 4.81. The van der Waals surface area contributed by atoms with E-state index in [0.29, 0.717) is 17.9 Å². The summed E-state index contributed by atoms with van der Waals surface area (Å²) in [6, 6.07) is 18.6. The van der Waals surface area contributed by atoms with Crippen molar-refractivity contribution in [2.75, 3.05) is 6.61 Å². The number of aromatic nitrogens is 1. The maximum atomic E-state index is 12.7.